The van der Waals surface area contributed by atoms with Crippen LogP contribution in [0.15, 0.2) is 30.3 Å². The molecule has 2 saturated heterocycles. The van der Waals surface area contributed by atoms with E-state index in [2.05, 4.69) is 25.7 Å². The lowest BCUT2D eigenvalue weighted by Gasteiger charge is -2.38. The van der Waals surface area contributed by atoms with Crippen LogP contribution in [0.4, 0.5) is 16.2 Å². The van der Waals surface area contributed by atoms with Crippen LogP contribution in [0, 0.1) is 11.7 Å². The van der Waals surface area contributed by atoms with Crippen molar-refractivity contribution in [2.45, 2.75) is 24.8 Å². The fourth-order valence-electron chi connectivity index (χ4n) is 4.20. The molecule has 1 aromatic heterocycles. The highest BCUT2D eigenvalue weighted by Gasteiger charge is 2.37. The highest BCUT2D eigenvalue weighted by molar-refractivity contribution is 5.46. The Morgan fingerprint density at radius 2 is 2.07 bits per heavy atom. The number of hydrazine groups is 1. The van der Waals surface area contributed by atoms with Gasteiger partial charge < -0.3 is 15.4 Å². The highest BCUT2D eigenvalue weighted by atomic mass is 19.1. The number of piperidine rings is 1. The van der Waals surface area contributed by atoms with Crippen LogP contribution in [0.5, 0.6) is 5.88 Å². The molecule has 7 nitrogen and oxygen atoms in total. The third-order valence-electron chi connectivity index (χ3n) is 5.53. The van der Waals surface area contributed by atoms with Gasteiger partial charge in [-0.1, -0.05) is 12.1 Å². The van der Waals surface area contributed by atoms with Crippen LogP contribution >= 0.6 is 0 Å². The van der Waals surface area contributed by atoms with Crippen LogP contribution in [0.25, 0.3) is 0 Å². The summed E-state index contributed by atoms with van der Waals surface area (Å²) in [6, 6.07) is 8.95. The van der Waals surface area contributed by atoms with Crippen LogP contribution < -0.4 is 26.2 Å². The molecule has 0 radical (unpaired) electrons. The monoisotopic (exact) mass is 372 g/mol. The number of hydrogen-bond acceptors (Lipinski definition) is 7. The van der Waals surface area contributed by atoms with Gasteiger partial charge in [0.2, 0.25) is 11.8 Å². The lowest BCUT2D eigenvalue weighted by atomic mass is 9.81. The number of methoxy groups -OCH3 is 1. The molecule has 8 heteroatoms. The molecule has 0 amide bonds. The second-order valence-electron chi connectivity index (χ2n) is 7.18. The molecule has 4 N–H and O–H groups in total. The minimum absolute atomic E-state index is 0.201. The number of nitrogens with zero attached hydrogens (tertiary/aromatic N) is 3. The van der Waals surface area contributed by atoms with E-state index in [4.69, 9.17) is 10.5 Å². The summed E-state index contributed by atoms with van der Waals surface area (Å²) < 4.78 is 18.5. The molecule has 0 aliphatic carbocycles. The number of nitrogens with one attached hydrogen (secondary N) is 2. The number of nitrogens with two attached hydrogens (primary N) is 1. The summed E-state index contributed by atoms with van der Waals surface area (Å²) in [5.41, 5.74) is 13.7. The fraction of sp³-hybridized carbons (Fsp3) is 0.474. The Bertz CT molecular complexity index is 786. The van der Waals surface area contributed by atoms with Crippen molar-refractivity contribution < 1.29 is 9.13 Å². The molecule has 4 rings (SSSR count). The smallest absolute Gasteiger partial charge is 0.225 e. The van der Waals surface area contributed by atoms with Gasteiger partial charge in [0.05, 0.1) is 7.11 Å². The van der Waals surface area contributed by atoms with Gasteiger partial charge in [-0.05, 0) is 36.5 Å². The summed E-state index contributed by atoms with van der Waals surface area (Å²) in [4.78, 5) is 10.7. The van der Waals surface area contributed by atoms with Crippen molar-refractivity contribution in [2.24, 2.45) is 5.92 Å². The third kappa shape index (κ3) is 3.81. The maximum Gasteiger partial charge on any atom is 0.225 e. The van der Waals surface area contributed by atoms with E-state index in [1.807, 2.05) is 18.2 Å². The maximum atomic E-state index is 13.3. The first kappa shape index (κ1) is 17.9. The fourth-order valence-corrected chi connectivity index (χ4v) is 4.20. The van der Waals surface area contributed by atoms with Crippen LogP contribution in [0.3, 0.4) is 0 Å². The van der Waals surface area contributed by atoms with E-state index in [1.165, 1.54) is 12.1 Å². The first-order chi connectivity index (χ1) is 13.1. The molecule has 0 spiro atoms. The Morgan fingerprint density at radius 1 is 1.26 bits per heavy atom. The minimum Gasteiger partial charge on any atom is -0.481 e. The van der Waals surface area contributed by atoms with Crippen LogP contribution in [-0.4, -0.2) is 42.8 Å². The predicted octanol–water partition coefficient (Wildman–Crippen LogP) is 1.68. The van der Waals surface area contributed by atoms with Gasteiger partial charge in [-0.3, -0.25) is 10.9 Å². The molecule has 2 aliphatic heterocycles. The Kier molecular flexibility index (Phi) is 5.09. The van der Waals surface area contributed by atoms with Crippen molar-refractivity contribution in [1.82, 2.24) is 20.8 Å². The zero-order valence-electron chi connectivity index (χ0n) is 15.4. The molecule has 2 aromatic rings. The molecule has 3 heterocycles. The Balaban J connectivity index is 1.52. The van der Waals surface area contributed by atoms with Gasteiger partial charge in [-0.15, -0.1) is 0 Å². The number of nitrogen functional groups attached to an aromatic ring is 1. The summed E-state index contributed by atoms with van der Waals surface area (Å²) in [6.07, 6.45) is 2.20. The van der Waals surface area contributed by atoms with Crippen molar-refractivity contribution in [2.75, 3.05) is 37.4 Å². The molecule has 3 atom stereocenters. The van der Waals surface area contributed by atoms with E-state index in [-0.39, 0.29) is 17.8 Å². The predicted molar refractivity (Wildman–Crippen MR) is 102 cm³/mol. The summed E-state index contributed by atoms with van der Waals surface area (Å²) >= 11 is 0. The average molecular weight is 372 g/mol. The Labute approximate surface area is 158 Å². The van der Waals surface area contributed by atoms with Crippen molar-refractivity contribution in [1.29, 1.82) is 0 Å². The normalized spacial score (nSPS) is 25.6. The van der Waals surface area contributed by atoms with E-state index in [0.29, 0.717) is 17.7 Å². The van der Waals surface area contributed by atoms with Gasteiger partial charge in [-0.25, -0.2) is 4.39 Å². The van der Waals surface area contributed by atoms with E-state index >= 15 is 0 Å². The number of aromatic nitrogens is 2. The number of halogens is 1. The van der Waals surface area contributed by atoms with Crippen molar-refractivity contribution in [3.8, 4) is 5.88 Å². The standard InChI is InChI=1S/C19H25FN6O/c1-27-17-9-16(23-19(21)24-17)26-8-2-3-13(11-26)18-15(10-22-25-18)12-4-6-14(20)7-5-12/h4-7,9,13,15,18,22,25H,2-3,8,10-11H2,1H3,(H2,21,23,24). The number of ether oxygens (including phenoxy) is 1. The van der Waals surface area contributed by atoms with Gasteiger partial charge >= 0.3 is 0 Å². The first-order valence-corrected chi connectivity index (χ1v) is 9.31. The highest BCUT2D eigenvalue weighted by Crippen LogP contribution is 2.33. The number of rotatable bonds is 4. The van der Waals surface area contributed by atoms with Gasteiger partial charge in [0.15, 0.2) is 0 Å². The zero-order chi connectivity index (χ0) is 18.8. The molecular weight excluding hydrogens is 347 g/mol. The zero-order valence-corrected chi connectivity index (χ0v) is 15.4. The van der Waals surface area contributed by atoms with Crippen molar-refractivity contribution in [3.63, 3.8) is 0 Å². The number of anilines is 2. The second kappa shape index (κ2) is 7.66. The molecule has 0 bridgehead atoms. The minimum atomic E-state index is -0.201. The SMILES string of the molecule is COc1cc(N2CCCC(C3NNCC3c3ccc(F)cc3)C2)nc(N)n1. The Morgan fingerprint density at radius 3 is 2.85 bits per heavy atom. The third-order valence-corrected chi connectivity index (χ3v) is 5.53. The summed E-state index contributed by atoms with van der Waals surface area (Å²) in [5.74, 6) is 2.04. The second-order valence-corrected chi connectivity index (χ2v) is 7.18. The van der Waals surface area contributed by atoms with E-state index < -0.39 is 0 Å². The molecule has 27 heavy (non-hydrogen) atoms. The largest absolute Gasteiger partial charge is 0.481 e. The summed E-state index contributed by atoms with van der Waals surface area (Å²) in [7, 11) is 1.58. The molecule has 144 valence electrons. The lowest BCUT2D eigenvalue weighted by Crippen LogP contribution is -2.46. The van der Waals surface area contributed by atoms with Crippen molar-refractivity contribution >= 4 is 11.8 Å². The molecule has 1 aromatic carbocycles. The molecule has 0 saturated carbocycles. The van der Waals surface area contributed by atoms with E-state index in [0.717, 1.165) is 43.9 Å². The molecule has 2 fully saturated rings. The van der Waals surface area contributed by atoms with Gasteiger partial charge in [0, 0.05) is 37.7 Å². The molecular formula is C19H25FN6O. The molecule has 2 aliphatic rings. The quantitative estimate of drug-likeness (QED) is 0.753. The van der Waals surface area contributed by atoms with Crippen LogP contribution in [0.1, 0.15) is 24.3 Å². The Hall–Kier alpha value is -2.45. The number of hydrogen-bond donors (Lipinski definition) is 3. The maximum absolute atomic E-state index is 13.3. The van der Waals surface area contributed by atoms with E-state index in [9.17, 15) is 4.39 Å². The number of benzene rings is 1. The van der Waals surface area contributed by atoms with Gasteiger partial charge in [0.25, 0.3) is 0 Å². The van der Waals surface area contributed by atoms with Gasteiger partial charge in [0.1, 0.15) is 11.6 Å². The van der Waals surface area contributed by atoms with Crippen LogP contribution in [-0.2, 0) is 0 Å². The topological polar surface area (TPSA) is 88.3 Å². The summed E-state index contributed by atoms with van der Waals surface area (Å²) in [6.45, 7) is 2.63. The molecule has 3 unspecified atom stereocenters. The first-order valence-electron chi connectivity index (χ1n) is 9.31. The van der Waals surface area contributed by atoms with Crippen molar-refractivity contribution in [3.05, 3.63) is 41.7 Å². The van der Waals surface area contributed by atoms with Gasteiger partial charge in [-0.2, -0.15) is 9.97 Å². The lowest BCUT2D eigenvalue weighted by molar-refractivity contribution is 0.304. The van der Waals surface area contributed by atoms with Crippen LogP contribution in [0.2, 0.25) is 0 Å². The average Bonchev–Trinajstić information content (AvgIpc) is 3.18. The summed E-state index contributed by atoms with van der Waals surface area (Å²) in [5, 5.41) is 0. The van der Waals surface area contributed by atoms with E-state index in [1.54, 1.807) is 7.11 Å².